The van der Waals surface area contributed by atoms with Crippen molar-refractivity contribution >= 4 is 11.0 Å². The zero-order valence-electron chi connectivity index (χ0n) is 21.1. The number of fused-ring (bicyclic) bond motifs is 1. The van der Waals surface area contributed by atoms with Crippen molar-refractivity contribution in [2.45, 2.75) is 0 Å². The molecule has 1 heterocycles. The van der Waals surface area contributed by atoms with E-state index in [0.29, 0.717) is 22.8 Å². The summed E-state index contributed by atoms with van der Waals surface area (Å²) in [5.41, 5.74) is 0.181. The average Bonchev–Trinajstić information content (AvgIpc) is 2.91. The van der Waals surface area contributed by atoms with Crippen molar-refractivity contribution in [2.75, 3.05) is 54.9 Å². The first-order valence-corrected chi connectivity index (χ1v) is 11.2. The maximum absolute atomic E-state index is 13.8. The summed E-state index contributed by atoms with van der Waals surface area (Å²) in [5, 5.41) is 0.175. The lowest BCUT2D eigenvalue weighted by Gasteiger charge is -2.17. The van der Waals surface area contributed by atoms with Crippen LogP contribution >= 0.6 is 0 Å². The number of rotatable bonds is 16. The van der Waals surface area contributed by atoms with Gasteiger partial charge in [0, 0.05) is 39.5 Å². The molecule has 3 rings (SSSR count). The van der Waals surface area contributed by atoms with Crippen LogP contribution in [0, 0.1) is 0 Å². The average molecular weight is 515 g/mol. The van der Waals surface area contributed by atoms with Gasteiger partial charge in [0.15, 0.2) is 26.1 Å². The Bertz CT molecular complexity index is 1260. The Kier molecular flexibility index (Phi) is 10.4. The topological polar surface area (TPSA) is 104 Å². The van der Waals surface area contributed by atoms with Crippen molar-refractivity contribution in [1.82, 2.24) is 0 Å². The fraction of sp³-hybridized carbons (Fsp3) is 0.296. The van der Waals surface area contributed by atoms with Crippen LogP contribution in [-0.4, -0.2) is 54.9 Å². The third-order valence-electron chi connectivity index (χ3n) is 4.81. The van der Waals surface area contributed by atoms with Crippen molar-refractivity contribution in [3.8, 4) is 40.1 Å². The van der Waals surface area contributed by atoms with Gasteiger partial charge in [0.25, 0.3) is 0 Å². The quantitative estimate of drug-likeness (QED) is 0.200. The second-order valence-electron chi connectivity index (χ2n) is 7.39. The molecular formula is C27H30O10. The van der Waals surface area contributed by atoms with E-state index in [1.54, 1.807) is 36.4 Å². The van der Waals surface area contributed by atoms with Crippen LogP contribution in [0.2, 0.25) is 0 Å². The van der Waals surface area contributed by atoms with Crippen LogP contribution in [0.5, 0.6) is 28.7 Å². The van der Waals surface area contributed by atoms with Crippen LogP contribution in [0.15, 0.2) is 64.9 Å². The summed E-state index contributed by atoms with van der Waals surface area (Å²) < 4.78 is 49.8. The normalized spacial score (nSPS) is 10.7. The number of methoxy groups -OCH3 is 3. The third kappa shape index (κ3) is 6.82. The van der Waals surface area contributed by atoms with Crippen molar-refractivity contribution in [3.05, 3.63) is 65.9 Å². The highest BCUT2D eigenvalue weighted by Crippen LogP contribution is 2.41. The molecule has 1 aromatic heterocycles. The molecule has 0 aliphatic heterocycles. The van der Waals surface area contributed by atoms with Gasteiger partial charge in [-0.05, 0) is 12.1 Å². The Morgan fingerprint density at radius 2 is 1.38 bits per heavy atom. The number of hydrogen-bond acceptors (Lipinski definition) is 10. The molecule has 0 fully saturated rings. The van der Waals surface area contributed by atoms with Gasteiger partial charge in [-0.3, -0.25) is 4.79 Å². The summed E-state index contributed by atoms with van der Waals surface area (Å²) in [6, 6.07) is 8.15. The van der Waals surface area contributed by atoms with Gasteiger partial charge in [0.1, 0.15) is 47.2 Å². The summed E-state index contributed by atoms with van der Waals surface area (Å²) in [6.45, 7) is 7.53. The molecule has 0 aliphatic rings. The SMILES string of the molecule is C=CCOc1c(-c2ccc(OCOC)cc2OCOC)oc2cc(OCOC)cc(OCC=C)c2c1=O. The lowest BCUT2D eigenvalue weighted by molar-refractivity contribution is 0.0462. The molecule has 0 unspecified atom stereocenters. The van der Waals surface area contributed by atoms with Gasteiger partial charge in [-0.1, -0.05) is 25.3 Å². The van der Waals surface area contributed by atoms with Gasteiger partial charge < -0.3 is 42.3 Å². The number of benzene rings is 2. The van der Waals surface area contributed by atoms with Gasteiger partial charge in [0.2, 0.25) is 11.2 Å². The smallest absolute Gasteiger partial charge is 0.239 e. The first kappa shape index (κ1) is 27.6. The first-order chi connectivity index (χ1) is 18.1. The Morgan fingerprint density at radius 1 is 0.757 bits per heavy atom. The molecule has 0 bridgehead atoms. The van der Waals surface area contributed by atoms with Gasteiger partial charge in [0.05, 0.1) is 5.56 Å². The van der Waals surface area contributed by atoms with E-state index < -0.39 is 5.43 Å². The minimum absolute atomic E-state index is 0.0119. The highest BCUT2D eigenvalue weighted by Gasteiger charge is 2.24. The summed E-state index contributed by atoms with van der Waals surface area (Å²) in [7, 11) is 4.51. The predicted molar refractivity (Wildman–Crippen MR) is 137 cm³/mol. The van der Waals surface area contributed by atoms with E-state index in [2.05, 4.69) is 13.2 Å². The van der Waals surface area contributed by atoms with E-state index in [9.17, 15) is 4.79 Å². The van der Waals surface area contributed by atoms with E-state index in [4.69, 9.17) is 42.3 Å². The van der Waals surface area contributed by atoms with E-state index in [-0.39, 0.29) is 61.8 Å². The fourth-order valence-corrected chi connectivity index (χ4v) is 3.32. The zero-order chi connectivity index (χ0) is 26.6. The Morgan fingerprint density at radius 3 is 2.05 bits per heavy atom. The number of ether oxygens (including phenoxy) is 8. The highest BCUT2D eigenvalue weighted by atomic mass is 16.7. The zero-order valence-corrected chi connectivity index (χ0v) is 21.1. The Hall–Kier alpha value is -3.99. The minimum Gasteiger partial charge on any atom is -0.488 e. The van der Waals surface area contributed by atoms with Crippen molar-refractivity contribution < 1.29 is 42.3 Å². The second-order valence-corrected chi connectivity index (χ2v) is 7.39. The van der Waals surface area contributed by atoms with Gasteiger partial charge >= 0.3 is 0 Å². The summed E-state index contributed by atoms with van der Waals surface area (Å²) >= 11 is 0. The van der Waals surface area contributed by atoms with E-state index in [1.165, 1.54) is 27.4 Å². The molecule has 198 valence electrons. The van der Waals surface area contributed by atoms with Crippen LogP contribution in [0.25, 0.3) is 22.3 Å². The molecule has 0 amide bonds. The highest BCUT2D eigenvalue weighted by molar-refractivity contribution is 5.89. The molecule has 10 heteroatoms. The fourth-order valence-electron chi connectivity index (χ4n) is 3.32. The van der Waals surface area contributed by atoms with Gasteiger partial charge in [-0.25, -0.2) is 0 Å². The van der Waals surface area contributed by atoms with E-state index in [0.717, 1.165) is 0 Å². The predicted octanol–water partition coefficient (Wildman–Crippen LogP) is 4.54. The van der Waals surface area contributed by atoms with Gasteiger partial charge in [-0.2, -0.15) is 0 Å². The standard InChI is InChI=1S/C27H30O10/c1-6-10-32-22-13-19(35-16-30-4)14-23-24(22)25(28)27(33-11-7-2)26(37-23)20-9-8-18(34-15-29-3)12-21(20)36-17-31-5/h6-9,12-14H,1-2,10-11,15-17H2,3-5H3. The third-order valence-corrected chi connectivity index (χ3v) is 4.81. The Balaban J connectivity index is 2.29. The number of hydrogen-bond donors (Lipinski definition) is 0. The molecule has 3 aromatic rings. The molecule has 0 spiro atoms. The lowest BCUT2D eigenvalue weighted by Crippen LogP contribution is -2.12. The summed E-state index contributed by atoms with van der Waals surface area (Å²) in [5.74, 6) is 1.50. The molecule has 0 atom stereocenters. The van der Waals surface area contributed by atoms with Crippen molar-refractivity contribution in [2.24, 2.45) is 0 Å². The van der Waals surface area contributed by atoms with E-state index >= 15 is 0 Å². The van der Waals surface area contributed by atoms with Crippen LogP contribution in [0.3, 0.4) is 0 Å². The maximum Gasteiger partial charge on any atom is 0.239 e. The molecule has 0 N–H and O–H groups in total. The Labute approximate surface area is 214 Å². The molecule has 2 aromatic carbocycles. The maximum atomic E-state index is 13.8. The van der Waals surface area contributed by atoms with Crippen LogP contribution in [0.1, 0.15) is 0 Å². The molecular weight excluding hydrogens is 484 g/mol. The van der Waals surface area contributed by atoms with E-state index in [1.807, 2.05) is 0 Å². The largest absolute Gasteiger partial charge is 0.488 e. The molecule has 10 nitrogen and oxygen atoms in total. The summed E-state index contributed by atoms with van der Waals surface area (Å²) in [4.78, 5) is 13.8. The lowest BCUT2D eigenvalue weighted by atomic mass is 10.1. The molecule has 0 aliphatic carbocycles. The van der Waals surface area contributed by atoms with Crippen LogP contribution < -0.4 is 29.1 Å². The molecule has 37 heavy (non-hydrogen) atoms. The van der Waals surface area contributed by atoms with Crippen molar-refractivity contribution in [1.29, 1.82) is 0 Å². The van der Waals surface area contributed by atoms with Crippen LogP contribution in [0.4, 0.5) is 0 Å². The second kappa shape index (κ2) is 13.9. The monoisotopic (exact) mass is 514 g/mol. The first-order valence-electron chi connectivity index (χ1n) is 11.2. The molecule has 0 saturated carbocycles. The summed E-state index contributed by atoms with van der Waals surface area (Å²) in [6.07, 6.45) is 3.08. The van der Waals surface area contributed by atoms with Crippen molar-refractivity contribution in [3.63, 3.8) is 0 Å². The van der Waals surface area contributed by atoms with Gasteiger partial charge in [-0.15, -0.1) is 0 Å². The minimum atomic E-state index is -0.451. The van der Waals surface area contributed by atoms with Crippen LogP contribution in [-0.2, 0) is 14.2 Å². The molecule has 0 saturated heterocycles. The molecule has 0 radical (unpaired) electrons.